The van der Waals surface area contributed by atoms with E-state index < -0.39 is 5.60 Å². The number of nitrogens with zero attached hydrogens (tertiary/aromatic N) is 2. The van der Waals surface area contributed by atoms with Crippen molar-refractivity contribution in [1.82, 2.24) is 10.2 Å². The molecule has 4 heteroatoms. The lowest BCUT2D eigenvalue weighted by Gasteiger charge is -2.62. The molecule has 132 valence electrons. The lowest BCUT2D eigenvalue weighted by atomic mass is 9.46. The lowest BCUT2D eigenvalue weighted by Crippen LogP contribution is -2.60. The normalized spacial score (nSPS) is 37.4. The molecule has 6 rings (SSSR count). The van der Waals surface area contributed by atoms with Crippen LogP contribution in [0.25, 0.3) is 10.8 Å². The van der Waals surface area contributed by atoms with Crippen molar-refractivity contribution >= 4 is 16.6 Å². The third-order valence-electron chi connectivity index (χ3n) is 7.22. The third kappa shape index (κ3) is 2.37. The van der Waals surface area contributed by atoms with Crippen molar-refractivity contribution in [3.8, 4) is 0 Å². The van der Waals surface area contributed by atoms with E-state index in [1.165, 1.54) is 19.3 Å². The van der Waals surface area contributed by atoms with Crippen molar-refractivity contribution in [2.45, 2.75) is 64.0 Å². The zero-order chi connectivity index (χ0) is 17.2. The number of aryl methyl sites for hydroxylation is 1. The molecule has 0 radical (unpaired) electrons. The summed E-state index contributed by atoms with van der Waals surface area (Å²) in [6.07, 6.45) is 6.80. The van der Waals surface area contributed by atoms with E-state index in [9.17, 15) is 5.11 Å². The number of aromatic nitrogens is 2. The Hall–Kier alpha value is -1.68. The van der Waals surface area contributed by atoms with Crippen LogP contribution < -0.4 is 5.32 Å². The summed E-state index contributed by atoms with van der Waals surface area (Å²) in [6.45, 7) is 4.30. The van der Waals surface area contributed by atoms with Gasteiger partial charge in [0.15, 0.2) is 5.82 Å². The number of rotatable bonds is 3. The molecule has 4 aliphatic rings. The molecule has 3 unspecified atom stereocenters. The first-order valence-electron chi connectivity index (χ1n) is 9.67. The van der Waals surface area contributed by atoms with Gasteiger partial charge in [0.2, 0.25) is 0 Å². The van der Waals surface area contributed by atoms with Crippen molar-refractivity contribution < 1.29 is 5.11 Å². The van der Waals surface area contributed by atoms with E-state index in [0.29, 0.717) is 17.9 Å². The predicted molar refractivity (Wildman–Crippen MR) is 99.4 cm³/mol. The van der Waals surface area contributed by atoms with Crippen LogP contribution in [0.4, 0.5) is 5.82 Å². The maximum absolute atomic E-state index is 11.0. The van der Waals surface area contributed by atoms with Crippen LogP contribution in [0, 0.1) is 24.2 Å². The highest BCUT2D eigenvalue weighted by Gasteiger charge is 2.58. The van der Waals surface area contributed by atoms with Crippen molar-refractivity contribution in [2.24, 2.45) is 17.3 Å². The molecule has 4 fully saturated rings. The molecular formula is C21H27N3O. The van der Waals surface area contributed by atoms with Crippen LogP contribution in [0.15, 0.2) is 24.3 Å². The number of aliphatic hydroxyl groups is 1. The van der Waals surface area contributed by atoms with E-state index in [-0.39, 0.29) is 5.41 Å². The van der Waals surface area contributed by atoms with Gasteiger partial charge in [0, 0.05) is 16.8 Å². The Morgan fingerprint density at radius 3 is 2.44 bits per heavy atom. The molecule has 2 N–H and O–H groups in total. The molecule has 1 aromatic carbocycles. The number of hydrogen-bond acceptors (Lipinski definition) is 4. The summed E-state index contributed by atoms with van der Waals surface area (Å²) in [4.78, 5) is 0. The van der Waals surface area contributed by atoms with Crippen LogP contribution in [0.5, 0.6) is 0 Å². The number of fused-ring (bicyclic) bond motifs is 1. The van der Waals surface area contributed by atoms with E-state index in [2.05, 4.69) is 46.7 Å². The highest BCUT2D eigenvalue weighted by atomic mass is 16.3. The maximum atomic E-state index is 11.0. The lowest BCUT2D eigenvalue weighted by molar-refractivity contribution is -0.167. The van der Waals surface area contributed by atoms with Crippen molar-refractivity contribution in [2.75, 3.05) is 5.32 Å². The van der Waals surface area contributed by atoms with E-state index in [1.54, 1.807) is 0 Å². The Balaban J connectivity index is 1.48. The standard InChI is InChI=1S/C21H27N3O/c1-13-17-5-3-4-6-18(17)19(24-23-13)22-14(2)20-8-15-7-16(9-20)11-21(25,10-15)12-20/h3-6,14-16,25H,7-12H2,1-2H3,(H,22,24). The van der Waals surface area contributed by atoms with Crippen molar-refractivity contribution in [1.29, 1.82) is 0 Å². The summed E-state index contributed by atoms with van der Waals surface area (Å²) in [6, 6.07) is 8.65. The van der Waals surface area contributed by atoms with Crippen LogP contribution in [-0.2, 0) is 0 Å². The van der Waals surface area contributed by atoms with Crippen LogP contribution in [0.2, 0.25) is 0 Å². The molecule has 0 saturated heterocycles. The Morgan fingerprint density at radius 1 is 1.08 bits per heavy atom. The van der Waals surface area contributed by atoms with Gasteiger partial charge in [-0.2, -0.15) is 5.10 Å². The second kappa shape index (κ2) is 5.16. The summed E-state index contributed by atoms with van der Waals surface area (Å²) in [5.41, 5.74) is 0.756. The summed E-state index contributed by atoms with van der Waals surface area (Å²) in [5.74, 6) is 2.30. The molecule has 4 nitrogen and oxygen atoms in total. The molecule has 4 bridgehead atoms. The third-order valence-corrected chi connectivity index (χ3v) is 7.22. The number of nitrogens with one attached hydrogen (secondary N) is 1. The number of hydrogen-bond donors (Lipinski definition) is 2. The largest absolute Gasteiger partial charge is 0.390 e. The van der Waals surface area contributed by atoms with E-state index >= 15 is 0 Å². The van der Waals surface area contributed by atoms with Crippen LogP contribution in [-0.4, -0.2) is 26.9 Å². The highest BCUT2D eigenvalue weighted by Crippen LogP contribution is 2.63. The molecule has 0 aliphatic heterocycles. The first-order chi connectivity index (χ1) is 12.0. The number of benzene rings is 1. The minimum Gasteiger partial charge on any atom is -0.390 e. The van der Waals surface area contributed by atoms with Crippen molar-refractivity contribution in [3.63, 3.8) is 0 Å². The fourth-order valence-electron chi connectivity index (χ4n) is 6.49. The van der Waals surface area contributed by atoms with Crippen LogP contribution in [0.3, 0.4) is 0 Å². The molecule has 1 aromatic heterocycles. The maximum Gasteiger partial charge on any atom is 0.156 e. The molecule has 3 atom stereocenters. The van der Waals surface area contributed by atoms with Gasteiger partial charge in [-0.3, -0.25) is 0 Å². The first-order valence-corrected chi connectivity index (χ1v) is 9.67. The first kappa shape index (κ1) is 15.6. The van der Waals surface area contributed by atoms with Gasteiger partial charge in [-0.05, 0) is 69.6 Å². The number of anilines is 1. The minimum atomic E-state index is -0.416. The smallest absolute Gasteiger partial charge is 0.156 e. The fraction of sp³-hybridized carbons (Fsp3) is 0.619. The zero-order valence-electron chi connectivity index (χ0n) is 15.1. The van der Waals surface area contributed by atoms with E-state index in [4.69, 9.17) is 0 Å². The Kier molecular flexibility index (Phi) is 3.22. The summed E-state index contributed by atoms with van der Waals surface area (Å²) in [5, 5.41) is 25.9. The second-order valence-electron chi connectivity index (χ2n) is 9.09. The van der Waals surface area contributed by atoms with Gasteiger partial charge in [0.25, 0.3) is 0 Å². The topological polar surface area (TPSA) is 58.0 Å². The van der Waals surface area contributed by atoms with Crippen LogP contribution in [0.1, 0.15) is 51.1 Å². The average molecular weight is 337 g/mol. The van der Waals surface area contributed by atoms with Crippen LogP contribution >= 0.6 is 0 Å². The van der Waals surface area contributed by atoms with Gasteiger partial charge < -0.3 is 10.4 Å². The quantitative estimate of drug-likeness (QED) is 0.886. The Bertz CT molecular complexity index is 819. The van der Waals surface area contributed by atoms with Gasteiger partial charge in [0.05, 0.1) is 11.3 Å². The van der Waals surface area contributed by atoms with Gasteiger partial charge in [0.1, 0.15) is 0 Å². The molecule has 0 amide bonds. The van der Waals surface area contributed by atoms with Gasteiger partial charge in [-0.15, -0.1) is 5.10 Å². The molecule has 4 aliphatic carbocycles. The summed E-state index contributed by atoms with van der Waals surface area (Å²) < 4.78 is 0. The van der Waals surface area contributed by atoms with E-state index in [1.807, 2.05) is 6.92 Å². The minimum absolute atomic E-state index is 0.201. The molecule has 2 aromatic rings. The molecular weight excluding hydrogens is 310 g/mol. The van der Waals surface area contributed by atoms with Crippen molar-refractivity contribution in [3.05, 3.63) is 30.0 Å². The monoisotopic (exact) mass is 337 g/mol. The Labute approximate surface area is 149 Å². The Morgan fingerprint density at radius 2 is 1.76 bits per heavy atom. The highest BCUT2D eigenvalue weighted by molar-refractivity contribution is 5.92. The summed E-state index contributed by atoms with van der Waals surface area (Å²) >= 11 is 0. The molecule has 4 saturated carbocycles. The van der Waals surface area contributed by atoms with Gasteiger partial charge in [-0.1, -0.05) is 24.3 Å². The molecule has 0 spiro atoms. The summed E-state index contributed by atoms with van der Waals surface area (Å²) in [7, 11) is 0. The van der Waals surface area contributed by atoms with E-state index in [0.717, 1.165) is 41.5 Å². The zero-order valence-corrected chi connectivity index (χ0v) is 15.1. The second-order valence-corrected chi connectivity index (χ2v) is 9.09. The van der Waals surface area contributed by atoms with Gasteiger partial charge >= 0.3 is 0 Å². The predicted octanol–water partition coefficient (Wildman–Crippen LogP) is 4.07. The fourth-order valence-corrected chi connectivity index (χ4v) is 6.49. The molecule has 25 heavy (non-hydrogen) atoms. The molecule has 1 heterocycles. The van der Waals surface area contributed by atoms with Gasteiger partial charge in [-0.25, -0.2) is 0 Å². The SMILES string of the molecule is Cc1nnc(NC(C)C23CC4CC(CC(O)(C4)C2)C3)c2ccccc12. The average Bonchev–Trinajstić information content (AvgIpc) is 2.55.